The Labute approximate surface area is 119 Å². The maximum atomic E-state index is 5.46. The minimum atomic E-state index is 0.591. The lowest BCUT2D eigenvalue weighted by Gasteiger charge is -2.06. The Hall–Kier alpha value is -1.14. The summed E-state index contributed by atoms with van der Waals surface area (Å²) in [6, 6.07) is 5.87. The predicted molar refractivity (Wildman–Crippen MR) is 77.2 cm³/mol. The molecule has 0 unspecified atom stereocenters. The van der Waals surface area contributed by atoms with Crippen molar-refractivity contribution in [2.45, 2.75) is 19.9 Å². The second-order valence-electron chi connectivity index (χ2n) is 3.63. The van der Waals surface area contributed by atoms with E-state index in [0.29, 0.717) is 25.0 Å². The first-order valence-electron chi connectivity index (χ1n) is 5.72. The molecule has 2 aromatic heterocycles. The van der Waals surface area contributed by atoms with E-state index >= 15 is 0 Å². The summed E-state index contributed by atoms with van der Waals surface area (Å²) in [5, 5.41) is 3.18. The first kappa shape index (κ1) is 13.3. The molecule has 0 saturated carbocycles. The van der Waals surface area contributed by atoms with Gasteiger partial charge in [0.2, 0.25) is 11.8 Å². The van der Waals surface area contributed by atoms with Gasteiger partial charge in [-0.3, -0.25) is 0 Å². The fraction of sp³-hybridized carbons (Fsp3) is 0.333. The molecule has 2 heterocycles. The molecule has 0 fully saturated rings. The fourth-order valence-corrected chi connectivity index (χ4v) is 2.75. The Morgan fingerprint density at radius 2 is 2.28 bits per heavy atom. The van der Waals surface area contributed by atoms with E-state index in [1.54, 1.807) is 23.6 Å². The summed E-state index contributed by atoms with van der Waals surface area (Å²) in [6.07, 6.45) is 2.67. The Balaban J connectivity index is 1.92. The van der Waals surface area contributed by atoms with Crippen LogP contribution in [0.15, 0.2) is 28.2 Å². The Bertz CT molecular complexity index is 504. The fourth-order valence-electron chi connectivity index (χ4n) is 1.33. The van der Waals surface area contributed by atoms with Crippen molar-refractivity contribution in [2.75, 3.05) is 11.9 Å². The van der Waals surface area contributed by atoms with Gasteiger partial charge < -0.3 is 10.1 Å². The molecule has 0 aliphatic heterocycles. The number of thiophene rings is 1. The Morgan fingerprint density at radius 3 is 3.00 bits per heavy atom. The molecule has 6 heteroatoms. The average Bonchev–Trinajstić information content (AvgIpc) is 2.80. The summed E-state index contributed by atoms with van der Waals surface area (Å²) in [5.74, 6) is 1.20. The summed E-state index contributed by atoms with van der Waals surface area (Å²) in [6.45, 7) is 3.46. The third kappa shape index (κ3) is 3.96. The highest BCUT2D eigenvalue weighted by Crippen LogP contribution is 2.22. The predicted octanol–water partition coefficient (Wildman–Crippen LogP) is 3.70. The zero-order valence-electron chi connectivity index (χ0n) is 10.0. The molecular formula is C12H14BrN3OS. The maximum Gasteiger partial charge on any atom is 0.226 e. The van der Waals surface area contributed by atoms with Crippen LogP contribution < -0.4 is 10.1 Å². The minimum Gasteiger partial charge on any atom is -0.478 e. The van der Waals surface area contributed by atoms with Crippen LogP contribution in [0.3, 0.4) is 0 Å². The van der Waals surface area contributed by atoms with Crippen molar-refractivity contribution in [3.05, 3.63) is 33.1 Å². The summed E-state index contributed by atoms with van der Waals surface area (Å²) in [5.41, 5.74) is 0. The molecule has 4 nitrogen and oxygen atoms in total. The average molecular weight is 328 g/mol. The minimum absolute atomic E-state index is 0.591. The van der Waals surface area contributed by atoms with Crippen molar-refractivity contribution < 1.29 is 4.74 Å². The molecule has 0 saturated heterocycles. The van der Waals surface area contributed by atoms with Crippen LogP contribution in [-0.4, -0.2) is 16.6 Å². The van der Waals surface area contributed by atoms with Gasteiger partial charge in [0.15, 0.2) is 0 Å². The van der Waals surface area contributed by atoms with E-state index in [0.717, 1.165) is 10.2 Å². The van der Waals surface area contributed by atoms with Crippen LogP contribution in [0.1, 0.15) is 18.2 Å². The molecule has 0 atom stereocenters. The third-order valence-electron chi connectivity index (χ3n) is 2.13. The standard InChI is InChI=1S/C12H14BrN3OS/c1-2-7-17-11-5-6-14-12(16-11)15-8-9-3-4-10(13)18-9/h3-6H,2,7-8H2,1H3,(H,14,15,16). The SMILES string of the molecule is CCCOc1ccnc(NCc2ccc(Br)s2)n1. The molecule has 0 aliphatic carbocycles. The molecule has 2 aromatic rings. The normalized spacial score (nSPS) is 10.3. The topological polar surface area (TPSA) is 47.0 Å². The lowest BCUT2D eigenvalue weighted by molar-refractivity contribution is 0.305. The second-order valence-corrected chi connectivity index (χ2v) is 6.17. The third-order valence-corrected chi connectivity index (χ3v) is 3.76. The number of nitrogens with one attached hydrogen (secondary N) is 1. The Kier molecular flexibility index (Phi) is 4.95. The monoisotopic (exact) mass is 327 g/mol. The molecule has 18 heavy (non-hydrogen) atoms. The maximum absolute atomic E-state index is 5.46. The van der Waals surface area contributed by atoms with Crippen molar-refractivity contribution in [3.8, 4) is 5.88 Å². The lowest BCUT2D eigenvalue weighted by atomic mass is 10.5. The van der Waals surface area contributed by atoms with Gasteiger partial charge in [0.05, 0.1) is 16.9 Å². The van der Waals surface area contributed by atoms with Gasteiger partial charge in [-0.25, -0.2) is 4.98 Å². The smallest absolute Gasteiger partial charge is 0.226 e. The van der Waals surface area contributed by atoms with Crippen LogP contribution >= 0.6 is 27.3 Å². The summed E-state index contributed by atoms with van der Waals surface area (Å²) in [7, 11) is 0. The molecule has 0 amide bonds. The van der Waals surface area contributed by atoms with Gasteiger partial charge in [-0.1, -0.05) is 6.92 Å². The lowest BCUT2D eigenvalue weighted by Crippen LogP contribution is -2.04. The van der Waals surface area contributed by atoms with Crippen LogP contribution in [0.4, 0.5) is 5.95 Å². The highest BCUT2D eigenvalue weighted by molar-refractivity contribution is 9.11. The van der Waals surface area contributed by atoms with Crippen molar-refractivity contribution in [1.82, 2.24) is 9.97 Å². The highest BCUT2D eigenvalue weighted by atomic mass is 79.9. The number of hydrogen-bond acceptors (Lipinski definition) is 5. The molecule has 96 valence electrons. The van der Waals surface area contributed by atoms with Gasteiger partial charge >= 0.3 is 0 Å². The summed E-state index contributed by atoms with van der Waals surface area (Å²) in [4.78, 5) is 9.67. The van der Waals surface area contributed by atoms with E-state index in [1.807, 2.05) is 6.07 Å². The number of rotatable bonds is 6. The summed E-state index contributed by atoms with van der Waals surface area (Å²) < 4.78 is 6.58. The van der Waals surface area contributed by atoms with Crippen LogP contribution in [0.5, 0.6) is 5.88 Å². The van der Waals surface area contributed by atoms with E-state index in [9.17, 15) is 0 Å². The van der Waals surface area contributed by atoms with Crippen molar-refractivity contribution in [2.24, 2.45) is 0 Å². The number of nitrogens with zero attached hydrogens (tertiary/aromatic N) is 2. The number of halogens is 1. The van der Waals surface area contributed by atoms with E-state index in [-0.39, 0.29) is 0 Å². The first-order chi connectivity index (χ1) is 8.78. The molecule has 2 rings (SSSR count). The zero-order chi connectivity index (χ0) is 12.8. The van der Waals surface area contributed by atoms with Crippen LogP contribution in [-0.2, 0) is 6.54 Å². The molecule has 1 N–H and O–H groups in total. The van der Waals surface area contributed by atoms with E-state index in [1.165, 1.54) is 4.88 Å². The van der Waals surface area contributed by atoms with Gasteiger partial charge in [-0.05, 0) is 34.5 Å². The van der Waals surface area contributed by atoms with Crippen molar-refractivity contribution in [3.63, 3.8) is 0 Å². The second kappa shape index (κ2) is 6.70. The molecule has 0 spiro atoms. The molecule has 0 radical (unpaired) electrons. The van der Waals surface area contributed by atoms with Gasteiger partial charge in [-0.2, -0.15) is 4.98 Å². The van der Waals surface area contributed by atoms with E-state index < -0.39 is 0 Å². The quantitative estimate of drug-likeness (QED) is 0.878. The van der Waals surface area contributed by atoms with Gasteiger partial charge in [0.25, 0.3) is 0 Å². The van der Waals surface area contributed by atoms with Crippen molar-refractivity contribution in [1.29, 1.82) is 0 Å². The number of hydrogen-bond donors (Lipinski definition) is 1. The molecular weight excluding hydrogens is 314 g/mol. The van der Waals surface area contributed by atoms with Gasteiger partial charge in [-0.15, -0.1) is 11.3 Å². The van der Waals surface area contributed by atoms with Gasteiger partial charge in [0, 0.05) is 17.1 Å². The number of anilines is 1. The summed E-state index contributed by atoms with van der Waals surface area (Å²) >= 11 is 5.13. The first-order valence-corrected chi connectivity index (χ1v) is 7.33. The zero-order valence-corrected chi connectivity index (χ0v) is 12.4. The van der Waals surface area contributed by atoms with Crippen LogP contribution in [0, 0.1) is 0 Å². The van der Waals surface area contributed by atoms with Gasteiger partial charge in [0.1, 0.15) is 0 Å². The molecule has 0 aromatic carbocycles. The highest BCUT2D eigenvalue weighted by Gasteiger charge is 2.01. The number of aromatic nitrogens is 2. The molecule has 0 aliphatic rings. The van der Waals surface area contributed by atoms with Crippen LogP contribution in [0.25, 0.3) is 0 Å². The van der Waals surface area contributed by atoms with Crippen LogP contribution in [0.2, 0.25) is 0 Å². The Morgan fingerprint density at radius 1 is 1.39 bits per heavy atom. The van der Waals surface area contributed by atoms with Crippen molar-refractivity contribution >= 4 is 33.2 Å². The van der Waals surface area contributed by atoms with E-state index in [4.69, 9.17) is 4.74 Å². The molecule has 0 bridgehead atoms. The largest absolute Gasteiger partial charge is 0.478 e. The van der Waals surface area contributed by atoms with E-state index in [2.05, 4.69) is 44.2 Å². The number of ether oxygens (including phenoxy) is 1.